The zero-order chi connectivity index (χ0) is 10.4. The minimum atomic E-state index is -0.141. The highest BCUT2D eigenvalue weighted by Crippen LogP contribution is 2.19. The molecule has 0 saturated carbocycles. The highest BCUT2D eigenvalue weighted by molar-refractivity contribution is 6.31. The number of rotatable bonds is 5. The van der Waals surface area contributed by atoms with E-state index >= 15 is 0 Å². The van der Waals surface area contributed by atoms with Gasteiger partial charge in [0.1, 0.15) is 0 Å². The van der Waals surface area contributed by atoms with Crippen molar-refractivity contribution in [2.75, 3.05) is 13.2 Å². The van der Waals surface area contributed by atoms with Gasteiger partial charge in [0.05, 0.1) is 18.2 Å². The highest BCUT2D eigenvalue weighted by atomic mass is 35.5. The Bertz CT molecular complexity index is 293. The topological polar surface area (TPSA) is 62.6 Å². The maximum atomic E-state index is 8.91. The minimum absolute atomic E-state index is 0.0838. The molecule has 0 saturated heterocycles. The van der Waals surface area contributed by atoms with E-state index in [-0.39, 0.29) is 13.2 Å². The fourth-order valence-electron chi connectivity index (χ4n) is 0.900. The summed E-state index contributed by atoms with van der Waals surface area (Å²) in [6.07, 6.45) is 1.99. The van der Waals surface area contributed by atoms with Gasteiger partial charge in [0, 0.05) is 30.9 Å². The highest BCUT2D eigenvalue weighted by Gasteiger charge is 2.02. The molecule has 1 heterocycles. The van der Waals surface area contributed by atoms with Gasteiger partial charge in [0.25, 0.3) is 0 Å². The first-order chi connectivity index (χ1) is 6.77. The van der Waals surface area contributed by atoms with Crippen molar-refractivity contribution in [2.24, 2.45) is 0 Å². The van der Waals surface area contributed by atoms with Gasteiger partial charge in [-0.1, -0.05) is 11.6 Å². The van der Waals surface area contributed by atoms with E-state index in [2.05, 4.69) is 4.98 Å². The van der Waals surface area contributed by atoms with Gasteiger partial charge in [-0.25, -0.2) is 4.98 Å². The Morgan fingerprint density at radius 3 is 2.86 bits per heavy atom. The molecule has 0 aromatic carbocycles. The third kappa shape index (κ3) is 3.14. The van der Waals surface area contributed by atoms with Crippen LogP contribution in [0.1, 0.15) is 12.0 Å². The number of nitrogens with zero attached hydrogens (tertiary/aromatic N) is 1. The molecule has 0 aliphatic rings. The molecular formula is C9H12ClNO3. The summed E-state index contributed by atoms with van der Waals surface area (Å²) >= 11 is 5.74. The second-order valence-electron chi connectivity index (χ2n) is 2.70. The van der Waals surface area contributed by atoms with Crippen molar-refractivity contribution in [2.45, 2.75) is 13.0 Å². The largest absolute Gasteiger partial charge is 0.478 e. The van der Waals surface area contributed by atoms with Crippen molar-refractivity contribution in [1.29, 1.82) is 0 Å². The molecule has 0 spiro atoms. The molecule has 0 amide bonds. The smallest absolute Gasteiger partial charge is 0.213 e. The molecule has 0 bridgehead atoms. The lowest BCUT2D eigenvalue weighted by molar-refractivity contribution is 0.228. The maximum Gasteiger partial charge on any atom is 0.213 e. The Kier molecular flexibility index (Phi) is 4.65. The summed E-state index contributed by atoms with van der Waals surface area (Å²) in [5.41, 5.74) is 0.584. The van der Waals surface area contributed by atoms with Crippen LogP contribution in [0.4, 0.5) is 0 Å². The number of aliphatic hydroxyl groups excluding tert-OH is 2. The second-order valence-corrected chi connectivity index (χ2v) is 3.10. The monoisotopic (exact) mass is 217 g/mol. The fourth-order valence-corrected chi connectivity index (χ4v) is 1.06. The number of pyridine rings is 1. The van der Waals surface area contributed by atoms with Crippen molar-refractivity contribution >= 4 is 11.6 Å². The summed E-state index contributed by atoms with van der Waals surface area (Å²) in [5.74, 6) is 0.409. The van der Waals surface area contributed by atoms with E-state index in [1.807, 2.05) is 0 Å². The summed E-state index contributed by atoms with van der Waals surface area (Å²) in [6, 6.07) is 1.58. The summed E-state index contributed by atoms with van der Waals surface area (Å²) < 4.78 is 5.20. The zero-order valence-electron chi connectivity index (χ0n) is 7.61. The summed E-state index contributed by atoms with van der Waals surface area (Å²) in [5, 5.41) is 17.9. The Labute approximate surface area is 87.1 Å². The van der Waals surface area contributed by atoms with Crippen LogP contribution in [0.3, 0.4) is 0 Å². The molecule has 0 fully saturated rings. The SMILES string of the molecule is OCCCOc1cc(CO)c(Cl)cn1. The predicted octanol–water partition coefficient (Wildman–Crippen LogP) is 0.988. The third-order valence-corrected chi connectivity index (χ3v) is 1.97. The number of ether oxygens (including phenoxy) is 1. The minimum Gasteiger partial charge on any atom is -0.478 e. The average molecular weight is 218 g/mol. The molecule has 0 aliphatic carbocycles. The first kappa shape index (κ1) is 11.2. The van der Waals surface area contributed by atoms with E-state index in [4.69, 9.17) is 26.6 Å². The quantitative estimate of drug-likeness (QED) is 0.722. The summed E-state index contributed by atoms with van der Waals surface area (Å²) in [7, 11) is 0. The van der Waals surface area contributed by atoms with Crippen LogP contribution < -0.4 is 4.74 Å². The van der Waals surface area contributed by atoms with E-state index in [1.54, 1.807) is 6.07 Å². The van der Waals surface area contributed by atoms with Crippen molar-refractivity contribution in [3.05, 3.63) is 22.8 Å². The molecule has 1 aromatic rings. The number of halogens is 1. The van der Waals surface area contributed by atoms with E-state index in [0.717, 1.165) is 0 Å². The number of hydrogen-bond acceptors (Lipinski definition) is 4. The molecule has 5 heteroatoms. The first-order valence-corrected chi connectivity index (χ1v) is 4.64. The summed E-state index contributed by atoms with van der Waals surface area (Å²) in [4.78, 5) is 3.91. The van der Waals surface area contributed by atoms with Crippen LogP contribution in [-0.4, -0.2) is 28.4 Å². The van der Waals surface area contributed by atoms with Crippen LogP contribution in [0.2, 0.25) is 5.02 Å². The molecule has 2 N–H and O–H groups in total. The van der Waals surface area contributed by atoms with Gasteiger partial charge < -0.3 is 14.9 Å². The molecular weight excluding hydrogens is 206 g/mol. The zero-order valence-corrected chi connectivity index (χ0v) is 8.37. The van der Waals surface area contributed by atoms with Gasteiger partial charge in [0.2, 0.25) is 5.88 Å². The second kappa shape index (κ2) is 5.80. The van der Waals surface area contributed by atoms with Crippen LogP contribution in [-0.2, 0) is 6.61 Å². The number of hydrogen-bond donors (Lipinski definition) is 2. The molecule has 0 radical (unpaired) electrons. The lowest BCUT2D eigenvalue weighted by Crippen LogP contribution is -2.01. The summed E-state index contributed by atoms with van der Waals surface area (Å²) in [6.45, 7) is 0.341. The van der Waals surface area contributed by atoms with Crippen LogP contribution in [0.15, 0.2) is 12.3 Å². The third-order valence-electron chi connectivity index (χ3n) is 1.63. The first-order valence-electron chi connectivity index (χ1n) is 4.27. The Hall–Kier alpha value is -0.840. The number of aliphatic hydroxyl groups is 2. The standard InChI is InChI=1S/C9H12ClNO3/c10-8-5-11-9(4-7(8)6-13)14-3-1-2-12/h4-5,12-13H,1-3,6H2. The van der Waals surface area contributed by atoms with Gasteiger partial charge in [0.15, 0.2) is 0 Å². The molecule has 4 nitrogen and oxygen atoms in total. The van der Waals surface area contributed by atoms with Crippen molar-refractivity contribution in [3.8, 4) is 5.88 Å². The molecule has 1 aromatic heterocycles. The van der Waals surface area contributed by atoms with E-state index in [9.17, 15) is 0 Å². The van der Waals surface area contributed by atoms with E-state index < -0.39 is 0 Å². The lowest BCUT2D eigenvalue weighted by atomic mass is 10.3. The van der Waals surface area contributed by atoms with Gasteiger partial charge in [-0.15, -0.1) is 0 Å². The van der Waals surface area contributed by atoms with Crippen molar-refractivity contribution in [3.63, 3.8) is 0 Å². The van der Waals surface area contributed by atoms with E-state index in [1.165, 1.54) is 6.20 Å². The predicted molar refractivity (Wildman–Crippen MR) is 52.4 cm³/mol. The Morgan fingerprint density at radius 2 is 2.21 bits per heavy atom. The van der Waals surface area contributed by atoms with Gasteiger partial charge in [-0.2, -0.15) is 0 Å². The Morgan fingerprint density at radius 1 is 1.43 bits per heavy atom. The van der Waals surface area contributed by atoms with Crippen molar-refractivity contribution in [1.82, 2.24) is 4.98 Å². The lowest BCUT2D eigenvalue weighted by Gasteiger charge is -2.06. The van der Waals surface area contributed by atoms with Crippen molar-refractivity contribution < 1.29 is 14.9 Å². The molecule has 0 aliphatic heterocycles. The van der Waals surface area contributed by atoms with E-state index in [0.29, 0.717) is 29.5 Å². The average Bonchev–Trinajstić information content (AvgIpc) is 2.21. The van der Waals surface area contributed by atoms with Crippen LogP contribution >= 0.6 is 11.6 Å². The van der Waals surface area contributed by atoms with Gasteiger partial charge in [-0.3, -0.25) is 0 Å². The number of aromatic nitrogens is 1. The van der Waals surface area contributed by atoms with Crippen LogP contribution in [0, 0.1) is 0 Å². The fraction of sp³-hybridized carbons (Fsp3) is 0.444. The van der Waals surface area contributed by atoms with Gasteiger partial charge >= 0.3 is 0 Å². The normalized spacial score (nSPS) is 10.2. The van der Waals surface area contributed by atoms with Crippen LogP contribution in [0.5, 0.6) is 5.88 Å². The molecule has 78 valence electrons. The molecule has 0 unspecified atom stereocenters. The van der Waals surface area contributed by atoms with Crippen LogP contribution in [0.25, 0.3) is 0 Å². The molecule has 14 heavy (non-hydrogen) atoms. The van der Waals surface area contributed by atoms with Gasteiger partial charge in [-0.05, 0) is 0 Å². The molecule has 0 atom stereocenters. The molecule has 1 rings (SSSR count). The maximum absolute atomic E-state index is 8.91. The Balaban J connectivity index is 2.60.